The van der Waals surface area contributed by atoms with E-state index in [9.17, 15) is 4.79 Å². The van der Waals surface area contributed by atoms with Crippen LogP contribution in [0.1, 0.15) is 19.8 Å². The zero-order chi connectivity index (χ0) is 11.3. The van der Waals surface area contributed by atoms with Gasteiger partial charge in [0, 0.05) is 31.4 Å². The van der Waals surface area contributed by atoms with E-state index in [0.29, 0.717) is 11.7 Å². The van der Waals surface area contributed by atoms with Crippen molar-refractivity contribution in [2.45, 2.75) is 25.8 Å². The maximum Gasteiger partial charge on any atom is 0.293 e. The van der Waals surface area contributed by atoms with Crippen molar-refractivity contribution in [1.82, 2.24) is 9.55 Å². The van der Waals surface area contributed by atoms with Crippen molar-refractivity contribution in [1.29, 1.82) is 0 Å². The number of nitrogens with one attached hydrogen (secondary N) is 1. The van der Waals surface area contributed by atoms with Crippen molar-refractivity contribution in [2.24, 2.45) is 7.05 Å². The third-order valence-corrected chi connectivity index (χ3v) is 2.53. The lowest BCUT2D eigenvalue weighted by atomic mass is 10.2. The van der Waals surface area contributed by atoms with Crippen LogP contribution in [0.25, 0.3) is 0 Å². The van der Waals surface area contributed by atoms with Gasteiger partial charge in [0.25, 0.3) is 5.56 Å². The Morgan fingerprint density at radius 3 is 3.00 bits per heavy atom. The van der Waals surface area contributed by atoms with Crippen molar-refractivity contribution >= 4 is 17.4 Å². The molecule has 0 bridgehead atoms. The summed E-state index contributed by atoms with van der Waals surface area (Å²) < 4.78 is 1.50. The number of anilines is 1. The Morgan fingerprint density at radius 1 is 1.67 bits per heavy atom. The lowest BCUT2D eigenvalue weighted by Crippen LogP contribution is -2.28. The summed E-state index contributed by atoms with van der Waals surface area (Å²) in [6.45, 7) is 2.05. The van der Waals surface area contributed by atoms with Gasteiger partial charge in [-0.2, -0.15) is 0 Å². The molecule has 0 radical (unpaired) electrons. The fourth-order valence-electron chi connectivity index (χ4n) is 1.30. The molecule has 0 saturated heterocycles. The molecule has 84 valence electrons. The highest BCUT2D eigenvalue weighted by Gasteiger charge is 2.09. The van der Waals surface area contributed by atoms with Crippen LogP contribution in [-0.2, 0) is 7.05 Å². The van der Waals surface area contributed by atoms with Gasteiger partial charge in [0.2, 0.25) is 0 Å². The van der Waals surface area contributed by atoms with Crippen LogP contribution in [0.15, 0.2) is 17.2 Å². The molecule has 15 heavy (non-hydrogen) atoms. The summed E-state index contributed by atoms with van der Waals surface area (Å²) in [6, 6.07) is 0.213. The molecule has 1 aromatic rings. The Morgan fingerprint density at radius 2 is 2.40 bits per heavy atom. The van der Waals surface area contributed by atoms with E-state index in [4.69, 9.17) is 11.6 Å². The third kappa shape index (κ3) is 3.23. The lowest BCUT2D eigenvalue weighted by Gasteiger charge is -2.15. The maximum absolute atomic E-state index is 11.6. The molecule has 1 unspecified atom stereocenters. The number of halogens is 1. The van der Waals surface area contributed by atoms with E-state index < -0.39 is 0 Å². The molecule has 1 N–H and O–H groups in total. The number of hydrogen-bond donors (Lipinski definition) is 1. The van der Waals surface area contributed by atoms with E-state index in [1.807, 2.05) is 0 Å². The molecular weight excluding hydrogens is 214 g/mol. The van der Waals surface area contributed by atoms with E-state index in [-0.39, 0.29) is 11.6 Å². The van der Waals surface area contributed by atoms with Gasteiger partial charge in [-0.25, -0.2) is 4.98 Å². The first-order chi connectivity index (χ1) is 7.19. The Bertz CT molecular complexity index is 364. The summed E-state index contributed by atoms with van der Waals surface area (Å²) in [6.07, 6.45) is 5.00. The quantitative estimate of drug-likeness (QED) is 0.781. The minimum atomic E-state index is -0.106. The molecule has 0 aliphatic heterocycles. The van der Waals surface area contributed by atoms with Gasteiger partial charge in [-0.15, -0.1) is 11.6 Å². The average molecular weight is 230 g/mol. The molecule has 1 heterocycles. The zero-order valence-electron chi connectivity index (χ0n) is 9.03. The highest BCUT2D eigenvalue weighted by atomic mass is 35.5. The summed E-state index contributed by atoms with van der Waals surface area (Å²) in [5.74, 6) is 0.982. The molecule has 0 spiro atoms. The topological polar surface area (TPSA) is 46.9 Å². The van der Waals surface area contributed by atoms with Crippen molar-refractivity contribution in [3.05, 3.63) is 22.7 Å². The predicted molar refractivity (Wildman–Crippen MR) is 62.5 cm³/mol. The first kappa shape index (κ1) is 12.0. The van der Waals surface area contributed by atoms with Crippen LogP contribution >= 0.6 is 11.6 Å². The fourth-order valence-corrected chi connectivity index (χ4v) is 1.56. The smallest absolute Gasteiger partial charge is 0.293 e. The molecule has 0 amide bonds. The summed E-state index contributed by atoms with van der Waals surface area (Å²) >= 11 is 5.67. The molecule has 4 nitrogen and oxygen atoms in total. The van der Waals surface area contributed by atoms with Gasteiger partial charge < -0.3 is 9.88 Å². The second kappa shape index (κ2) is 5.75. The van der Waals surface area contributed by atoms with Crippen LogP contribution < -0.4 is 10.9 Å². The van der Waals surface area contributed by atoms with Crippen LogP contribution in [0.4, 0.5) is 5.82 Å². The molecule has 0 fully saturated rings. The van der Waals surface area contributed by atoms with Gasteiger partial charge in [-0.05, 0) is 12.8 Å². The van der Waals surface area contributed by atoms with Gasteiger partial charge in [-0.3, -0.25) is 4.79 Å². The largest absolute Gasteiger partial charge is 0.363 e. The predicted octanol–water partition coefficient (Wildman–Crippen LogP) is 1.60. The van der Waals surface area contributed by atoms with E-state index in [1.165, 1.54) is 4.57 Å². The Kier molecular flexibility index (Phi) is 4.62. The van der Waals surface area contributed by atoms with Gasteiger partial charge in [0.1, 0.15) is 0 Å². The molecule has 1 aromatic heterocycles. The Hall–Kier alpha value is -1.03. The Balaban J connectivity index is 2.79. The molecular formula is C10H16ClN3O. The third-order valence-electron chi connectivity index (χ3n) is 2.31. The number of hydrogen-bond acceptors (Lipinski definition) is 3. The van der Waals surface area contributed by atoms with Crippen molar-refractivity contribution in [2.75, 3.05) is 11.2 Å². The fraction of sp³-hybridized carbons (Fsp3) is 0.600. The van der Waals surface area contributed by atoms with Crippen LogP contribution in [0.5, 0.6) is 0 Å². The van der Waals surface area contributed by atoms with Gasteiger partial charge >= 0.3 is 0 Å². The summed E-state index contributed by atoms with van der Waals surface area (Å²) in [5, 5.41) is 3.11. The second-order valence-electron chi connectivity index (χ2n) is 3.42. The minimum absolute atomic E-state index is 0.106. The molecule has 0 aliphatic carbocycles. The van der Waals surface area contributed by atoms with Crippen molar-refractivity contribution in [3.63, 3.8) is 0 Å². The molecule has 5 heteroatoms. The summed E-state index contributed by atoms with van der Waals surface area (Å²) in [5.41, 5.74) is -0.106. The van der Waals surface area contributed by atoms with Crippen LogP contribution in [0, 0.1) is 0 Å². The minimum Gasteiger partial charge on any atom is -0.363 e. The normalized spacial score (nSPS) is 12.5. The first-order valence-electron chi connectivity index (χ1n) is 5.03. The molecule has 1 atom stereocenters. The summed E-state index contributed by atoms with van der Waals surface area (Å²) in [7, 11) is 1.71. The van der Waals surface area contributed by atoms with E-state index in [2.05, 4.69) is 17.2 Å². The molecule has 0 aromatic carbocycles. The van der Waals surface area contributed by atoms with Crippen LogP contribution in [0.3, 0.4) is 0 Å². The highest BCUT2D eigenvalue weighted by molar-refractivity contribution is 6.17. The zero-order valence-corrected chi connectivity index (χ0v) is 9.79. The number of rotatable bonds is 5. The lowest BCUT2D eigenvalue weighted by molar-refractivity contribution is 0.667. The van der Waals surface area contributed by atoms with Crippen LogP contribution in [-0.4, -0.2) is 21.5 Å². The summed E-state index contributed by atoms with van der Waals surface area (Å²) in [4.78, 5) is 15.7. The number of aromatic nitrogens is 2. The second-order valence-corrected chi connectivity index (χ2v) is 3.80. The van der Waals surface area contributed by atoms with Crippen molar-refractivity contribution in [3.8, 4) is 0 Å². The van der Waals surface area contributed by atoms with Crippen LogP contribution in [0.2, 0.25) is 0 Å². The number of nitrogens with zero attached hydrogens (tertiary/aromatic N) is 2. The van der Waals surface area contributed by atoms with E-state index in [1.54, 1.807) is 19.4 Å². The van der Waals surface area contributed by atoms with Crippen molar-refractivity contribution < 1.29 is 0 Å². The molecule has 0 aliphatic rings. The standard InChI is InChI=1S/C10H16ClN3O/c1-3-8(4-5-11)13-9-10(15)14(2)7-6-12-9/h6-8H,3-5H2,1-2H3,(H,12,13). The molecule has 0 saturated carbocycles. The maximum atomic E-state index is 11.6. The van der Waals surface area contributed by atoms with Gasteiger partial charge in [-0.1, -0.05) is 6.92 Å². The van der Waals surface area contributed by atoms with E-state index in [0.717, 1.165) is 12.8 Å². The monoisotopic (exact) mass is 229 g/mol. The number of aryl methyl sites for hydroxylation is 1. The molecule has 1 rings (SSSR count). The Labute approximate surface area is 94.3 Å². The average Bonchev–Trinajstić information content (AvgIpc) is 2.24. The highest BCUT2D eigenvalue weighted by Crippen LogP contribution is 2.05. The number of alkyl halides is 1. The van der Waals surface area contributed by atoms with E-state index >= 15 is 0 Å². The van der Waals surface area contributed by atoms with Gasteiger partial charge in [0.15, 0.2) is 5.82 Å². The first-order valence-corrected chi connectivity index (χ1v) is 5.56. The SMILES string of the molecule is CCC(CCCl)Nc1nccn(C)c1=O. The van der Waals surface area contributed by atoms with Gasteiger partial charge in [0.05, 0.1) is 0 Å².